The Kier molecular flexibility index (Phi) is 8.99. The molecule has 1 aromatic carbocycles. The van der Waals surface area contributed by atoms with Crippen LogP contribution in [0.15, 0.2) is 24.3 Å². The van der Waals surface area contributed by atoms with E-state index in [1.807, 2.05) is 13.8 Å². The molecular formula is C18H28NO6P. The summed E-state index contributed by atoms with van der Waals surface area (Å²) in [6.45, 7) is 7.84. The summed E-state index contributed by atoms with van der Waals surface area (Å²) in [6, 6.07) is 5.54. The molecule has 0 radical (unpaired) electrons. The zero-order valence-corrected chi connectivity index (χ0v) is 16.6. The molecule has 0 fully saturated rings. The van der Waals surface area contributed by atoms with E-state index in [1.54, 1.807) is 38.1 Å². The van der Waals surface area contributed by atoms with Gasteiger partial charge in [0.15, 0.2) is 0 Å². The molecule has 2 N–H and O–H groups in total. The zero-order valence-electron chi connectivity index (χ0n) is 15.7. The highest BCUT2D eigenvalue weighted by Gasteiger charge is 2.25. The Labute approximate surface area is 154 Å². The molecule has 0 heterocycles. The van der Waals surface area contributed by atoms with E-state index in [0.717, 1.165) is 0 Å². The molecule has 1 atom stereocenters. The van der Waals surface area contributed by atoms with E-state index in [0.29, 0.717) is 17.5 Å². The van der Waals surface area contributed by atoms with Crippen LogP contribution in [0.25, 0.3) is 0 Å². The third kappa shape index (κ3) is 7.28. The van der Waals surface area contributed by atoms with Crippen molar-refractivity contribution >= 4 is 19.5 Å². The normalized spacial score (nSPS) is 12.8. The van der Waals surface area contributed by atoms with Gasteiger partial charge in [0.1, 0.15) is 6.04 Å². The van der Waals surface area contributed by atoms with Crippen molar-refractivity contribution in [1.82, 2.24) is 5.32 Å². The van der Waals surface area contributed by atoms with Crippen LogP contribution in [-0.2, 0) is 24.6 Å². The van der Waals surface area contributed by atoms with Gasteiger partial charge < -0.3 is 19.5 Å². The number of nitrogens with one attached hydrogen (secondary N) is 1. The smallest absolute Gasteiger partial charge is 0.335 e. The number of carboxylic acids is 1. The van der Waals surface area contributed by atoms with E-state index in [4.69, 9.17) is 9.05 Å². The van der Waals surface area contributed by atoms with E-state index in [1.165, 1.54) is 0 Å². The lowest BCUT2D eigenvalue weighted by Gasteiger charge is -2.18. The predicted molar refractivity (Wildman–Crippen MR) is 99.3 cm³/mol. The topological polar surface area (TPSA) is 102 Å². The molecular weight excluding hydrogens is 357 g/mol. The van der Waals surface area contributed by atoms with Crippen LogP contribution in [0.1, 0.15) is 50.0 Å². The Hall–Kier alpha value is -1.69. The van der Waals surface area contributed by atoms with Crippen molar-refractivity contribution in [2.75, 3.05) is 13.2 Å². The number of hydrogen-bond acceptors (Lipinski definition) is 5. The van der Waals surface area contributed by atoms with E-state index in [9.17, 15) is 19.3 Å². The second-order valence-corrected chi connectivity index (χ2v) is 8.35. The summed E-state index contributed by atoms with van der Waals surface area (Å²) in [5.41, 5.74) is 1.05. The molecule has 0 aliphatic heterocycles. The minimum absolute atomic E-state index is 0.113. The second kappa shape index (κ2) is 10.5. The lowest BCUT2D eigenvalue weighted by atomic mass is 10.0. The van der Waals surface area contributed by atoms with Crippen molar-refractivity contribution in [3.8, 4) is 0 Å². The molecule has 0 unspecified atom stereocenters. The van der Waals surface area contributed by atoms with Gasteiger partial charge in [-0.25, -0.2) is 4.79 Å². The summed E-state index contributed by atoms with van der Waals surface area (Å²) < 4.78 is 23.0. The zero-order chi connectivity index (χ0) is 19.7. The second-order valence-electron chi connectivity index (χ2n) is 6.30. The largest absolute Gasteiger partial charge is 0.480 e. The average Bonchev–Trinajstić information content (AvgIpc) is 2.54. The van der Waals surface area contributed by atoms with E-state index < -0.39 is 25.5 Å². The van der Waals surface area contributed by atoms with E-state index in [-0.39, 0.29) is 25.3 Å². The minimum atomic E-state index is -3.21. The van der Waals surface area contributed by atoms with Gasteiger partial charge in [-0.2, -0.15) is 0 Å². The molecule has 7 nitrogen and oxygen atoms in total. The maximum atomic E-state index is 12.5. The highest BCUT2D eigenvalue weighted by molar-refractivity contribution is 7.53. The minimum Gasteiger partial charge on any atom is -0.480 e. The van der Waals surface area contributed by atoms with Crippen molar-refractivity contribution in [3.05, 3.63) is 35.4 Å². The Balaban J connectivity index is 2.81. The Morgan fingerprint density at radius 2 is 1.65 bits per heavy atom. The highest BCUT2D eigenvalue weighted by atomic mass is 31.2. The van der Waals surface area contributed by atoms with Crippen LogP contribution in [0.2, 0.25) is 0 Å². The van der Waals surface area contributed by atoms with Gasteiger partial charge in [-0.15, -0.1) is 0 Å². The van der Waals surface area contributed by atoms with Gasteiger partial charge in [0.2, 0.25) is 0 Å². The molecule has 0 saturated carbocycles. The standard InChI is InChI=1S/C18H28NO6P/c1-5-24-26(23,25-6-2)12-14-7-9-15(10-8-14)17(20)19-16(18(21)22)11-13(3)4/h7-10,13,16H,5-6,11-12H2,1-4H3,(H,19,20)(H,21,22)/t16-/m0/s1. The molecule has 26 heavy (non-hydrogen) atoms. The molecule has 0 bridgehead atoms. The summed E-state index contributed by atoms with van der Waals surface area (Å²) >= 11 is 0. The van der Waals surface area contributed by atoms with E-state index >= 15 is 0 Å². The first-order chi connectivity index (χ1) is 12.2. The molecule has 0 spiro atoms. The first-order valence-corrected chi connectivity index (χ1v) is 10.4. The van der Waals surface area contributed by atoms with Crippen LogP contribution in [0.4, 0.5) is 0 Å². The monoisotopic (exact) mass is 385 g/mol. The molecule has 0 aliphatic carbocycles. The molecule has 1 rings (SSSR count). The lowest BCUT2D eigenvalue weighted by Crippen LogP contribution is -2.41. The molecule has 8 heteroatoms. The number of aliphatic carboxylic acids is 1. The molecule has 0 aromatic heterocycles. The maximum absolute atomic E-state index is 12.5. The summed E-state index contributed by atoms with van der Waals surface area (Å²) in [7, 11) is -3.21. The number of carboxylic acid groups (broad SMARTS) is 1. The fraction of sp³-hybridized carbons (Fsp3) is 0.556. The third-order valence-corrected chi connectivity index (χ3v) is 5.61. The maximum Gasteiger partial charge on any atom is 0.335 e. The third-order valence-electron chi connectivity index (χ3n) is 3.55. The van der Waals surface area contributed by atoms with Crippen molar-refractivity contribution in [2.45, 2.75) is 46.3 Å². The number of rotatable bonds is 11. The van der Waals surface area contributed by atoms with Gasteiger partial charge in [-0.1, -0.05) is 26.0 Å². The number of carbonyl (C=O) groups is 2. The van der Waals surface area contributed by atoms with Crippen molar-refractivity contribution < 1.29 is 28.3 Å². The Morgan fingerprint density at radius 1 is 1.12 bits per heavy atom. The Bertz CT molecular complexity index is 634. The molecule has 0 saturated heterocycles. The number of benzene rings is 1. The first kappa shape index (κ1) is 22.4. The van der Waals surface area contributed by atoms with Gasteiger partial charge in [0.05, 0.1) is 19.4 Å². The van der Waals surface area contributed by atoms with Gasteiger partial charge in [0, 0.05) is 5.56 Å². The fourth-order valence-electron chi connectivity index (χ4n) is 2.44. The van der Waals surface area contributed by atoms with Crippen LogP contribution >= 0.6 is 7.60 Å². The average molecular weight is 385 g/mol. The van der Waals surface area contributed by atoms with Gasteiger partial charge in [-0.05, 0) is 43.9 Å². The van der Waals surface area contributed by atoms with Crippen LogP contribution in [0.3, 0.4) is 0 Å². The summed E-state index contributed by atoms with van der Waals surface area (Å²) in [4.78, 5) is 23.5. The lowest BCUT2D eigenvalue weighted by molar-refractivity contribution is -0.139. The fourth-order valence-corrected chi connectivity index (χ4v) is 4.14. The first-order valence-electron chi connectivity index (χ1n) is 8.71. The Morgan fingerprint density at radius 3 is 2.08 bits per heavy atom. The molecule has 0 aliphatic rings. The highest BCUT2D eigenvalue weighted by Crippen LogP contribution is 2.51. The SMILES string of the molecule is CCOP(=O)(Cc1ccc(C(=O)N[C@@H](CC(C)C)C(=O)O)cc1)OCC. The summed E-state index contributed by atoms with van der Waals surface area (Å²) in [6.07, 6.45) is 0.465. The molecule has 1 aromatic rings. The van der Waals surface area contributed by atoms with Crippen molar-refractivity contribution in [3.63, 3.8) is 0 Å². The van der Waals surface area contributed by atoms with Crippen LogP contribution in [0, 0.1) is 5.92 Å². The van der Waals surface area contributed by atoms with Crippen LogP contribution in [0.5, 0.6) is 0 Å². The van der Waals surface area contributed by atoms with Gasteiger partial charge in [-0.3, -0.25) is 9.36 Å². The summed E-state index contributed by atoms with van der Waals surface area (Å²) in [5, 5.41) is 11.7. The van der Waals surface area contributed by atoms with Crippen LogP contribution in [-0.4, -0.2) is 36.2 Å². The van der Waals surface area contributed by atoms with Crippen molar-refractivity contribution in [1.29, 1.82) is 0 Å². The summed E-state index contributed by atoms with van der Waals surface area (Å²) in [5.74, 6) is -1.37. The molecule has 146 valence electrons. The van der Waals surface area contributed by atoms with E-state index in [2.05, 4.69) is 5.32 Å². The van der Waals surface area contributed by atoms with Crippen molar-refractivity contribution in [2.24, 2.45) is 5.92 Å². The molecule has 1 amide bonds. The van der Waals surface area contributed by atoms with Gasteiger partial charge in [0.25, 0.3) is 5.91 Å². The quantitative estimate of drug-likeness (QED) is 0.564. The number of carbonyl (C=O) groups excluding carboxylic acids is 1. The predicted octanol–water partition coefficient (Wildman–Crippen LogP) is 3.68. The van der Waals surface area contributed by atoms with Gasteiger partial charge >= 0.3 is 13.6 Å². The number of hydrogen-bond donors (Lipinski definition) is 2. The number of amides is 1. The van der Waals surface area contributed by atoms with Crippen LogP contribution < -0.4 is 5.32 Å².